The second kappa shape index (κ2) is 6.13. The van der Waals surface area contributed by atoms with Gasteiger partial charge in [0.2, 0.25) is 0 Å². The summed E-state index contributed by atoms with van der Waals surface area (Å²) in [6.07, 6.45) is 5.06. The molecule has 2 amide bonds. The lowest BCUT2D eigenvalue weighted by molar-refractivity contribution is 0.0698. The van der Waals surface area contributed by atoms with E-state index >= 15 is 0 Å². The van der Waals surface area contributed by atoms with E-state index in [9.17, 15) is 9.59 Å². The highest BCUT2D eigenvalue weighted by atomic mass is 32.1. The lowest BCUT2D eigenvalue weighted by Crippen LogP contribution is -2.46. The lowest BCUT2D eigenvalue weighted by Gasteiger charge is -2.32. The zero-order valence-corrected chi connectivity index (χ0v) is 12.4. The molecule has 2 aromatic heterocycles. The van der Waals surface area contributed by atoms with Gasteiger partial charge in [-0.3, -0.25) is 9.59 Å². The number of hydrogen-bond acceptors (Lipinski definition) is 3. The van der Waals surface area contributed by atoms with E-state index in [4.69, 9.17) is 0 Å². The summed E-state index contributed by atoms with van der Waals surface area (Å²) in [6.45, 7) is 1.36. The largest absolute Gasteiger partial charge is 0.367 e. The molecule has 0 unspecified atom stereocenters. The van der Waals surface area contributed by atoms with E-state index < -0.39 is 0 Å². The van der Waals surface area contributed by atoms with Crippen LogP contribution in [0, 0.1) is 0 Å². The number of hydrogen-bond donors (Lipinski definition) is 2. The van der Waals surface area contributed by atoms with Crippen molar-refractivity contribution < 1.29 is 9.59 Å². The first-order chi connectivity index (χ1) is 10.2. The monoisotopic (exact) mass is 303 g/mol. The number of rotatable bonds is 3. The van der Waals surface area contributed by atoms with E-state index in [1.165, 1.54) is 11.3 Å². The third-order valence-corrected chi connectivity index (χ3v) is 4.43. The molecule has 1 aliphatic rings. The van der Waals surface area contributed by atoms with Crippen molar-refractivity contribution in [2.75, 3.05) is 13.1 Å². The summed E-state index contributed by atoms with van der Waals surface area (Å²) in [6, 6.07) is 3.75. The minimum atomic E-state index is -0.0216. The molecule has 0 spiro atoms. The van der Waals surface area contributed by atoms with Gasteiger partial charge in [-0.25, -0.2) is 0 Å². The van der Waals surface area contributed by atoms with Crippen molar-refractivity contribution in [1.29, 1.82) is 0 Å². The van der Waals surface area contributed by atoms with Crippen LogP contribution in [0.25, 0.3) is 0 Å². The van der Waals surface area contributed by atoms with Crippen LogP contribution in [0.1, 0.15) is 33.6 Å². The Morgan fingerprint density at radius 1 is 1.24 bits per heavy atom. The predicted octanol–water partition coefficient (Wildman–Crippen LogP) is 2.11. The maximum atomic E-state index is 12.2. The molecule has 3 heterocycles. The Balaban J connectivity index is 1.51. The van der Waals surface area contributed by atoms with Crippen LogP contribution in [-0.4, -0.2) is 40.8 Å². The Morgan fingerprint density at radius 2 is 2.05 bits per heavy atom. The zero-order chi connectivity index (χ0) is 14.7. The topological polar surface area (TPSA) is 65.2 Å². The van der Waals surface area contributed by atoms with E-state index in [0.717, 1.165) is 12.8 Å². The third kappa shape index (κ3) is 3.16. The van der Waals surface area contributed by atoms with Gasteiger partial charge in [0.05, 0.1) is 5.56 Å². The summed E-state index contributed by atoms with van der Waals surface area (Å²) >= 11 is 1.52. The fourth-order valence-corrected chi connectivity index (χ4v) is 3.16. The first-order valence-corrected chi connectivity index (χ1v) is 7.93. The van der Waals surface area contributed by atoms with Crippen molar-refractivity contribution in [2.45, 2.75) is 18.9 Å². The van der Waals surface area contributed by atoms with Gasteiger partial charge in [-0.15, -0.1) is 0 Å². The molecule has 0 saturated carbocycles. The zero-order valence-electron chi connectivity index (χ0n) is 11.5. The molecule has 0 aliphatic carbocycles. The smallest absolute Gasteiger partial charge is 0.255 e. The number of H-pyrrole nitrogens is 1. The molecule has 0 atom stereocenters. The summed E-state index contributed by atoms with van der Waals surface area (Å²) in [5, 5.41) is 6.78. The fourth-order valence-electron chi connectivity index (χ4n) is 2.53. The quantitative estimate of drug-likeness (QED) is 0.912. The van der Waals surface area contributed by atoms with E-state index in [2.05, 4.69) is 10.3 Å². The molecule has 2 aromatic rings. The van der Waals surface area contributed by atoms with Crippen LogP contribution in [0.4, 0.5) is 0 Å². The van der Waals surface area contributed by atoms with Crippen molar-refractivity contribution in [3.05, 3.63) is 46.4 Å². The Kier molecular flexibility index (Phi) is 4.06. The number of piperidine rings is 1. The van der Waals surface area contributed by atoms with Crippen molar-refractivity contribution in [1.82, 2.24) is 15.2 Å². The first kappa shape index (κ1) is 13.9. The second-order valence-electron chi connectivity index (χ2n) is 5.15. The summed E-state index contributed by atoms with van der Waals surface area (Å²) < 4.78 is 0. The number of nitrogens with zero attached hydrogens (tertiary/aromatic N) is 1. The van der Waals surface area contributed by atoms with Crippen LogP contribution in [0.3, 0.4) is 0 Å². The summed E-state index contributed by atoms with van der Waals surface area (Å²) in [4.78, 5) is 28.9. The van der Waals surface area contributed by atoms with Crippen molar-refractivity contribution in [2.24, 2.45) is 0 Å². The summed E-state index contributed by atoms with van der Waals surface area (Å²) in [5.41, 5.74) is 1.40. The summed E-state index contributed by atoms with van der Waals surface area (Å²) in [5.74, 6) is 0.0329. The normalized spacial score (nSPS) is 15.9. The van der Waals surface area contributed by atoms with E-state index in [1.54, 1.807) is 18.5 Å². The number of amides is 2. The summed E-state index contributed by atoms with van der Waals surface area (Å²) in [7, 11) is 0. The SMILES string of the molecule is O=C(NC1CCN(C(=O)c2cc[nH]c2)CC1)c1ccsc1. The molecular formula is C15H17N3O2S. The van der Waals surface area contributed by atoms with Gasteiger partial charge in [-0.1, -0.05) is 0 Å². The molecule has 0 aromatic carbocycles. The van der Waals surface area contributed by atoms with E-state index in [-0.39, 0.29) is 17.9 Å². The standard InChI is InChI=1S/C15H17N3O2S/c19-14(12-4-8-21-10-12)17-13-2-6-18(7-3-13)15(20)11-1-5-16-9-11/h1,4-5,8-10,13,16H,2-3,6-7H2,(H,17,19). The van der Waals surface area contributed by atoms with Crippen LogP contribution in [0.5, 0.6) is 0 Å². The van der Waals surface area contributed by atoms with Crippen molar-refractivity contribution in [3.63, 3.8) is 0 Å². The van der Waals surface area contributed by atoms with Crippen LogP contribution in [0.2, 0.25) is 0 Å². The highest BCUT2D eigenvalue weighted by molar-refractivity contribution is 7.08. The van der Waals surface area contributed by atoms with Crippen LogP contribution < -0.4 is 5.32 Å². The number of aromatic nitrogens is 1. The fraction of sp³-hybridized carbons (Fsp3) is 0.333. The molecule has 1 fully saturated rings. The average molecular weight is 303 g/mol. The minimum Gasteiger partial charge on any atom is -0.367 e. The third-order valence-electron chi connectivity index (χ3n) is 3.75. The van der Waals surface area contributed by atoms with Gasteiger partial charge in [0.15, 0.2) is 0 Å². The Morgan fingerprint density at radius 3 is 2.67 bits per heavy atom. The van der Waals surface area contributed by atoms with Crippen molar-refractivity contribution >= 4 is 23.2 Å². The van der Waals surface area contributed by atoms with Gasteiger partial charge in [-0.05, 0) is 30.4 Å². The Hall–Kier alpha value is -2.08. The molecular weight excluding hydrogens is 286 g/mol. The maximum Gasteiger partial charge on any atom is 0.255 e. The second-order valence-corrected chi connectivity index (χ2v) is 5.93. The molecule has 2 N–H and O–H groups in total. The molecule has 110 valence electrons. The molecule has 3 rings (SSSR count). The number of carbonyl (C=O) groups excluding carboxylic acids is 2. The number of nitrogens with one attached hydrogen (secondary N) is 2. The van der Waals surface area contributed by atoms with Crippen LogP contribution in [0.15, 0.2) is 35.3 Å². The van der Waals surface area contributed by atoms with Crippen LogP contribution in [-0.2, 0) is 0 Å². The van der Waals surface area contributed by atoms with Gasteiger partial charge < -0.3 is 15.2 Å². The number of thiophene rings is 1. The van der Waals surface area contributed by atoms with Gasteiger partial charge in [-0.2, -0.15) is 11.3 Å². The molecule has 6 heteroatoms. The molecule has 1 saturated heterocycles. The predicted molar refractivity (Wildman–Crippen MR) is 81.5 cm³/mol. The van der Waals surface area contributed by atoms with E-state index in [1.807, 2.05) is 21.7 Å². The minimum absolute atomic E-state index is 0.0216. The lowest BCUT2D eigenvalue weighted by atomic mass is 10.0. The average Bonchev–Trinajstić information content (AvgIpc) is 3.20. The molecule has 21 heavy (non-hydrogen) atoms. The van der Waals surface area contributed by atoms with Gasteiger partial charge in [0.1, 0.15) is 0 Å². The molecule has 5 nitrogen and oxygen atoms in total. The number of likely N-dealkylation sites (tertiary alicyclic amines) is 1. The maximum absolute atomic E-state index is 12.2. The Bertz CT molecular complexity index is 599. The highest BCUT2D eigenvalue weighted by Crippen LogP contribution is 2.15. The highest BCUT2D eigenvalue weighted by Gasteiger charge is 2.25. The van der Waals surface area contributed by atoms with Gasteiger partial charge in [0, 0.05) is 42.5 Å². The Labute approximate surface area is 127 Å². The molecule has 0 bridgehead atoms. The molecule has 1 aliphatic heterocycles. The number of carbonyl (C=O) groups is 2. The first-order valence-electron chi connectivity index (χ1n) is 6.99. The van der Waals surface area contributed by atoms with Gasteiger partial charge in [0.25, 0.3) is 11.8 Å². The van der Waals surface area contributed by atoms with Gasteiger partial charge >= 0.3 is 0 Å². The number of aromatic amines is 1. The molecule has 0 radical (unpaired) electrons. The van der Waals surface area contributed by atoms with E-state index in [0.29, 0.717) is 24.2 Å². The van der Waals surface area contributed by atoms with Crippen molar-refractivity contribution in [3.8, 4) is 0 Å². The van der Waals surface area contributed by atoms with Crippen LogP contribution >= 0.6 is 11.3 Å².